The van der Waals surface area contributed by atoms with Gasteiger partial charge in [0.15, 0.2) is 11.5 Å². The van der Waals surface area contributed by atoms with E-state index in [-0.39, 0.29) is 23.8 Å². The van der Waals surface area contributed by atoms with Gasteiger partial charge in [0.1, 0.15) is 5.82 Å². The highest BCUT2D eigenvalue weighted by molar-refractivity contribution is 7.89. The highest BCUT2D eigenvalue weighted by Gasteiger charge is 2.22. The maximum Gasteiger partial charge on any atom is 0.243 e. The standard InChI is InChI=1S/C22H27N7O3S/c1-4-28(5-2)33(31,32)16-9-10-18-17(14-16)24-19(27(18)3)11-12-22(30)23-15-21-26-25-20-8-6-7-13-29(20)21/h6-10,13-14H,4-5,11-12,15H2,1-3H3,(H,23,30). The van der Waals surface area contributed by atoms with Crippen LogP contribution in [0.3, 0.4) is 0 Å². The molecule has 0 saturated heterocycles. The summed E-state index contributed by atoms with van der Waals surface area (Å²) in [4.78, 5) is 17.2. The molecule has 11 heteroatoms. The van der Waals surface area contributed by atoms with Crippen molar-refractivity contribution >= 4 is 32.6 Å². The lowest BCUT2D eigenvalue weighted by molar-refractivity contribution is -0.121. The van der Waals surface area contributed by atoms with Crippen LogP contribution in [0.15, 0.2) is 47.5 Å². The highest BCUT2D eigenvalue weighted by atomic mass is 32.2. The average Bonchev–Trinajstić information content (AvgIpc) is 3.37. The summed E-state index contributed by atoms with van der Waals surface area (Å²) in [7, 11) is -1.70. The summed E-state index contributed by atoms with van der Waals surface area (Å²) in [5.41, 5.74) is 2.14. The van der Waals surface area contributed by atoms with Crippen molar-refractivity contribution in [3.8, 4) is 0 Å². The number of aryl methyl sites for hydroxylation is 2. The molecule has 10 nitrogen and oxygen atoms in total. The zero-order chi connectivity index (χ0) is 23.6. The number of fused-ring (bicyclic) bond motifs is 2. The molecule has 174 valence electrons. The van der Waals surface area contributed by atoms with Crippen molar-refractivity contribution in [2.24, 2.45) is 7.05 Å². The lowest BCUT2D eigenvalue weighted by Crippen LogP contribution is -2.30. The summed E-state index contributed by atoms with van der Waals surface area (Å²) < 4.78 is 30.8. The van der Waals surface area contributed by atoms with Gasteiger partial charge >= 0.3 is 0 Å². The summed E-state index contributed by atoms with van der Waals surface area (Å²) in [6.07, 6.45) is 2.53. The Hall–Kier alpha value is -3.31. The molecule has 0 spiro atoms. The Morgan fingerprint density at radius 1 is 1.09 bits per heavy atom. The zero-order valence-corrected chi connectivity index (χ0v) is 19.7. The number of carbonyl (C=O) groups is 1. The molecule has 0 aliphatic heterocycles. The maximum atomic E-state index is 12.8. The van der Waals surface area contributed by atoms with E-state index in [0.717, 1.165) is 11.2 Å². The lowest BCUT2D eigenvalue weighted by Gasteiger charge is -2.18. The first-order valence-corrected chi connectivity index (χ1v) is 12.3. The van der Waals surface area contributed by atoms with E-state index in [1.54, 1.807) is 18.2 Å². The Morgan fingerprint density at radius 3 is 2.64 bits per heavy atom. The molecule has 3 heterocycles. The molecule has 0 saturated carbocycles. The van der Waals surface area contributed by atoms with E-state index < -0.39 is 10.0 Å². The lowest BCUT2D eigenvalue weighted by atomic mass is 10.3. The zero-order valence-electron chi connectivity index (χ0n) is 18.9. The molecule has 33 heavy (non-hydrogen) atoms. The highest BCUT2D eigenvalue weighted by Crippen LogP contribution is 2.22. The Balaban J connectivity index is 1.44. The first-order chi connectivity index (χ1) is 15.8. The van der Waals surface area contributed by atoms with Crippen molar-refractivity contribution in [3.63, 3.8) is 0 Å². The Morgan fingerprint density at radius 2 is 1.88 bits per heavy atom. The van der Waals surface area contributed by atoms with Crippen molar-refractivity contribution in [1.29, 1.82) is 0 Å². The van der Waals surface area contributed by atoms with Crippen LogP contribution in [0.1, 0.15) is 31.9 Å². The topological polar surface area (TPSA) is 114 Å². The monoisotopic (exact) mass is 469 g/mol. The smallest absolute Gasteiger partial charge is 0.243 e. The summed E-state index contributed by atoms with van der Waals surface area (Å²) >= 11 is 0. The molecule has 4 aromatic rings. The number of amides is 1. The van der Waals surface area contributed by atoms with Crippen molar-refractivity contribution < 1.29 is 13.2 Å². The first-order valence-electron chi connectivity index (χ1n) is 10.9. The molecule has 1 aromatic carbocycles. The van der Waals surface area contributed by atoms with Crippen molar-refractivity contribution in [3.05, 3.63) is 54.2 Å². The number of nitrogens with one attached hydrogen (secondary N) is 1. The van der Waals surface area contributed by atoms with Gasteiger partial charge < -0.3 is 9.88 Å². The third-order valence-electron chi connectivity index (χ3n) is 5.69. The van der Waals surface area contributed by atoms with Crippen LogP contribution in [0.2, 0.25) is 0 Å². The minimum atomic E-state index is -3.56. The third-order valence-corrected chi connectivity index (χ3v) is 7.74. The van der Waals surface area contributed by atoms with Crippen LogP contribution < -0.4 is 5.32 Å². The van der Waals surface area contributed by atoms with Crippen LogP contribution in [-0.4, -0.2) is 55.9 Å². The number of sulfonamides is 1. The molecule has 0 aliphatic carbocycles. The fourth-order valence-electron chi connectivity index (χ4n) is 3.83. The van der Waals surface area contributed by atoms with E-state index in [4.69, 9.17) is 0 Å². The number of imidazole rings is 1. The van der Waals surface area contributed by atoms with Crippen LogP contribution in [0.4, 0.5) is 0 Å². The Labute approximate surface area is 192 Å². The number of rotatable bonds is 9. The average molecular weight is 470 g/mol. The van der Waals surface area contributed by atoms with Gasteiger partial charge in [-0.05, 0) is 30.3 Å². The van der Waals surface area contributed by atoms with E-state index in [2.05, 4.69) is 20.5 Å². The van der Waals surface area contributed by atoms with Gasteiger partial charge in [-0.15, -0.1) is 10.2 Å². The number of benzene rings is 1. The molecule has 0 bridgehead atoms. The summed E-state index contributed by atoms with van der Waals surface area (Å²) in [6, 6.07) is 10.6. The van der Waals surface area contributed by atoms with Crippen LogP contribution >= 0.6 is 0 Å². The molecule has 0 aliphatic rings. The normalized spacial score (nSPS) is 12.1. The summed E-state index contributed by atoms with van der Waals surface area (Å²) in [5.74, 6) is 1.24. The first kappa shape index (κ1) is 22.9. The van der Waals surface area contributed by atoms with Crippen LogP contribution in [-0.2, 0) is 34.8 Å². The van der Waals surface area contributed by atoms with Crippen molar-refractivity contribution in [2.75, 3.05) is 13.1 Å². The Bertz CT molecular complexity index is 1400. The second kappa shape index (κ2) is 9.28. The van der Waals surface area contributed by atoms with Crippen LogP contribution in [0, 0.1) is 0 Å². The van der Waals surface area contributed by atoms with Gasteiger partial charge in [-0.1, -0.05) is 19.9 Å². The van der Waals surface area contributed by atoms with Gasteiger partial charge in [0.2, 0.25) is 15.9 Å². The predicted octanol–water partition coefficient (Wildman–Crippen LogP) is 1.90. The number of carbonyl (C=O) groups excluding carboxylic acids is 1. The SMILES string of the molecule is CCN(CC)S(=O)(=O)c1ccc2c(c1)nc(CCC(=O)NCc1nnc3ccccn13)n2C. The number of hydrogen-bond donors (Lipinski definition) is 1. The number of nitrogens with zero attached hydrogens (tertiary/aromatic N) is 6. The van der Waals surface area contributed by atoms with Gasteiger partial charge in [-0.3, -0.25) is 9.20 Å². The van der Waals surface area contributed by atoms with Crippen molar-refractivity contribution in [2.45, 2.75) is 38.1 Å². The maximum absolute atomic E-state index is 12.8. The molecule has 1 N–H and O–H groups in total. The molecule has 0 radical (unpaired) electrons. The second-order valence-corrected chi connectivity index (χ2v) is 9.59. The molecule has 0 atom stereocenters. The van der Waals surface area contributed by atoms with Gasteiger partial charge in [-0.2, -0.15) is 4.31 Å². The minimum Gasteiger partial charge on any atom is -0.349 e. The van der Waals surface area contributed by atoms with E-state index in [1.807, 2.05) is 54.3 Å². The van der Waals surface area contributed by atoms with E-state index in [0.29, 0.717) is 36.7 Å². The number of pyridine rings is 1. The largest absolute Gasteiger partial charge is 0.349 e. The van der Waals surface area contributed by atoms with Gasteiger partial charge in [0.05, 0.1) is 22.5 Å². The van der Waals surface area contributed by atoms with Crippen LogP contribution in [0.25, 0.3) is 16.7 Å². The quantitative estimate of drug-likeness (QED) is 0.400. The summed E-state index contributed by atoms with van der Waals surface area (Å²) in [5, 5.41) is 11.1. The number of aromatic nitrogens is 5. The summed E-state index contributed by atoms with van der Waals surface area (Å²) in [6.45, 7) is 4.72. The molecule has 0 unspecified atom stereocenters. The van der Waals surface area contributed by atoms with E-state index in [9.17, 15) is 13.2 Å². The number of hydrogen-bond acceptors (Lipinski definition) is 6. The van der Waals surface area contributed by atoms with E-state index in [1.165, 1.54) is 4.31 Å². The third kappa shape index (κ3) is 4.46. The fraction of sp³-hybridized carbons (Fsp3) is 0.364. The van der Waals surface area contributed by atoms with Gasteiger partial charge in [0, 0.05) is 39.2 Å². The van der Waals surface area contributed by atoms with Gasteiger partial charge in [0.25, 0.3) is 0 Å². The van der Waals surface area contributed by atoms with E-state index >= 15 is 0 Å². The molecule has 1 amide bonds. The Kier molecular flexibility index (Phi) is 6.43. The fourth-order valence-corrected chi connectivity index (χ4v) is 5.31. The van der Waals surface area contributed by atoms with Crippen molar-refractivity contribution in [1.82, 2.24) is 33.8 Å². The molecular weight excluding hydrogens is 442 g/mol. The molecule has 3 aromatic heterocycles. The predicted molar refractivity (Wildman–Crippen MR) is 124 cm³/mol. The second-order valence-electron chi connectivity index (χ2n) is 7.65. The molecule has 4 rings (SSSR count). The molecular formula is C22H27N7O3S. The van der Waals surface area contributed by atoms with Crippen LogP contribution in [0.5, 0.6) is 0 Å². The molecule has 0 fully saturated rings. The minimum absolute atomic E-state index is 0.125. The van der Waals surface area contributed by atoms with Gasteiger partial charge in [-0.25, -0.2) is 13.4 Å².